The number of benzene rings is 2. The van der Waals surface area contributed by atoms with Gasteiger partial charge in [-0.05, 0) is 43.5 Å². The van der Waals surface area contributed by atoms with Gasteiger partial charge in [-0.1, -0.05) is 42.5 Å². The molecule has 0 saturated carbocycles. The van der Waals surface area contributed by atoms with E-state index in [1.807, 2.05) is 12.1 Å². The molecule has 0 aromatic heterocycles. The Labute approximate surface area is 172 Å². The fourth-order valence-electron chi connectivity index (χ4n) is 4.51. The van der Waals surface area contributed by atoms with E-state index in [2.05, 4.69) is 47.2 Å². The number of likely N-dealkylation sites (N-methyl/N-ethyl adjacent to an activating group) is 1. The first kappa shape index (κ1) is 19.8. The van der Waals surface area contributed by atoms with Gasteiger partial charge in [0.1, 0.15) is 0 Å². The van der Waals surface area contributed by atoms with Crippen molar-refractivity contribution in [3.05, 3.63) is 71.3 Å². The Hall–Kier alpha value is -2.50. The summed E-state index contributed by atoms with van der Waals surface area (Å²) < 4.78 is 0. The van der Waals surface area contributed by atoms with Crippen LogP contribution in [0.3, 0.4) is 0 Å². The summed E-state index contributed by atoms with van der Waals surface area (Å²) in [6, 6.07) is 17.7. The summed E-state index contributed by atoms with van der Waals surface area (Å²) in [5, 5.41) is 0. The van der Waals surface area contributed by atoms with Crippen LogP contribution in [0.1, 0.15) is 39.1 Å². The van der Waals surface area contributed by atoms with Crippen molar-refractivity contribution in [2.45, 2.75) is 19.4 Å². The molecule has 2 heterocycles. The third-order valence-electron chi connectivity index (χ3n) is 6.01. The second-order valence-electron chi connectivity index (χ2n) is 8.30. The first-order valence-electron chi connectivity index (χ1n) is 10.5. The van der Waals surface area contributed by atoms with E-state index >= 15 is 0 Å². The van der Waals surface area contributed by atoms with Crippen molar-refractivity contribution in [2.24, 2.45) is 5.92 Å². The van der Waals surface area contributed by atoms with Gasteiger partial charge in [-0.3, -0.25) is 19.4 Å². The number of carbonyl (C=O) groups is 2. The van der Waals surface area contributed by atoms with E-state index in [1.165, 1.54) is 10.5 Å². The van der Waals surface area contributed by atoms with E-state index in [-0.39, 0.29) is 11.8 Å². The number of amides is 2. The largest absolute Gasteiger partial charge is 0.305 e. The van der Waals surface area contributed by atoms with Gasteiger partial charge in [-0.2, -0.15) is 0 Å². The van der Waals surface area contributed by atoms with Crippen LogP contribution in [0.15, 0.2) is 54.6 Å². The van der Waals surface area contributed by atoms with Gasteiger partial charge in [-0.15, -0.1) is 0 Å². The summed E-state index contributed by atoms with van der Waals surface area (Å²) in [4.78, 5) is 31.4. The third-order valence-corrected chi connectivity index (χ3v) is 6.01. The SMILES string of the molecule is CN1CCN(Cc2ccccc2)CC(CCCN2C(=O)c3ccccc3C2=O)C1. The van der Waals surface area contributed by atoms with E-state index in [0.717, 1.165) is 45.6 Å². The average Bonchev–Trinajstić information content (AvgIpc) is 2.86. The molecule has 2 aromatic carbocycles. The van der Waals surface area contributed by atoms with Crippen LogP contribution in [-0.2, 0) is 6.54 Å². The molecular weight excluding hydrogens is 362 g/mol. The second-order valence-corrected chi connectivity index (χ2v) is 8.30. The van der Waals surface area contributed by atoms with Gasteiger partial charge in [0.25, 0.3) is 11.8 Å². The Kier molecular flexibility index (Phi) is 6.07. The first-order valence-corrected chi connectivity index (χ1v) is 10.5. The standard InChI is InChI=1S/C24H29N3O2/c1-25-14-15-26(17-19-8-3-2-4-9-19)18-20(16-25)10-7-13-27-23(28)21-11-5-6-12-22(21)24(27)29/h2-6,8-9,11-12,20H,7,10,13-18H2,1H3. The molecular formula is C24H29N3O2. The molecule has 1 saturated heterocycles. The fraction of sp³-hybridized carbons (Fsp3) is 0.417. The maximum atomic E-state index is 12.5. The molecule has 5 heteroatoms. The number of hydrogen-bond acceptors (Lipinski definition) is 4. The predicted molar refractivity (Wildman–Crippen MR) is 114 cm³/mol. The highest BCUT2D eigenvalue weighted by molar-refractivity contribution is 6.21. The van der Waals surface area contributed by atoms with Crippen molar-refractivity contribution in [3.8, 4) is 0 Å². The first-order chi connectivity index (χ1) is 14.1. The molecule has 29 heavy (non-hydrogen) atoms. The predicted octanol–water partition coefficient (Wildman–Crippen LogP) is 3.13. The average molecular weight is 392 g/mol. The minimum absolute atomic E-state index is 0.144. The number of hydrogen-bond donors (Lipinski definition) is 0. The molecule has 5 nitrogen and oxygen atoms in total. The molecule has 0 N–H and O–H groups in total. The Morgan fingerprint density at radius 1 is 0.862 bits per heavy atom. The maximum Gasteiger partial charge on any atom is 0.261 e. The zero-order chi connectivity index (χ0) is 20.2. The van der Waals surface area contributed by atoms with Gasteiger partial charge in [0.15, 0.2) is 0 Å². The number of nitrogens with zero attached hydrogens (tertiary/aromatic N) is 3. The van der Waals surface area contributed by atoms with Crippen LogP contribution in [0.5, 0.6) is 0 Å². The monoisotopic (exact) mass is 391 g/mol. The van der Waals surface area contributed by atoms with E-state index < -0.39 is 0 Å². The summed E-state index contributed by atoms with van der Waals surface area (Å²) in [6.07, 6.45) is 1.87. The van der Waals surface area contributed by atoms with E-state index in [9.17, 15) is 9.59 Å². The topological polar surface area (TPSA) is 43.9 Å². The van der Waals surface area contributed by atoms with Crippen LogP contribution in [0.25, 0.3) is 0 Å². The maximum absolute atomic E-state index is 12.5. The van der Waals surface area contributed by atoms with Crippen LogP contribution in [0, 0.1) is 5.92 Å². The van der Waals surface area contributed by atoms with E-state index in [1.54, 1.807) is 12.1 Å². The lowest BCUT2D eigenvalue weighted by Crippen LogP contribution is -2.32. The fourth-order valence-corrected chi connectivity index (χ4v) is 4.51. The molecule has 2 aromatic rings. The van der Waals surface area contributed by atoms with Crippen molar-refractivity contribution in [1.82, 2.24) is 14.7 Å². The lowest BCUT2D eigenvalue weighted by atomic mass is 10.0. The van der Waals surface area contributed by atoms with Crippen LogP contribution < -0.4 is 0 Å². The second kappa shape index (κ2) is 8.89. The molecule has 1 fully saturated rings. The van der Waals surface area contributed by atoms with Gasteiger partial charge in [0.2, 0.25) is 0 Å². The number of rotatable bonds is 6. The van der Waals surface area contributed by atoms with Crippen LogP contribution >= 0.6 is 0 Å². The van der Waals surface area contributed by atoms with Crippen LogP contribution in [-0.4, -0.2) is 66.3 Å². The highest BCUT2D eigenvalue weighted by atomic mass is 16.2. The molecule has 1 atom stereocenters. The third kappa shape index (κ3) is 4.57. The Balaban J connectivity index is 1.32. The molecule has 2 amide bonds. The van der Waals surface area contributed by atoms with Gasteiger partial charge in [0.05, 0.1) is 11.1 Å². The minimum atomic E-state index is -0.144. The zero-order valence-corrected chi connectivity index (χ0v) is 17.1. The molecule has 4 rings (SSSR count). The molecule has 1 unspecified atom stereocenters. The quantitative estimate of drug-likeness (QED) is 0.710. The Morgan fingerprint density at radius 3 is 2.21 bits per heavy atom. The van der Waals surface area contributed by atoms with Gasteiger partial charge in [-0.25, -0.2) is 0 Å². The molecule has 2 aliphatic rings. The molecule has 2 aliphatic heterocycles. The molecule has 0 spiro atoms. The number of fused-ring (bicyclic) bond motifs is 1. The van der Waals surface area contributed by atoms with Gasteiger partial charge >= 0.3 is 0 Å². The highest BCUT2D eigenvalue weighted by Gasteiger charge is 2.34. The molecule has 0 aliphatic carbocycles. The zero-order valence-electron chi connectivity index (χ0n) is 17.1. The van der Waals surface area contributed by atoms with Crippen molar-refractivity contribution in [1.29, 1.82) is 0 Å². The number of imide groups is 1. The normalized spacial score (nSPS) is 20.7. The van der Waals surface area contributed by atoms with Gasteiger partial charge < -0.3 is 4.90 Å². The smallest absolute Gasteiger partial charge is 0.261 e. The molecule has 0 radical (unpaired) electrons. The lowest BCUT2D eigenvalue weighted by molar-refractivity contribution is 0.0648. The lowest BCUT2D eigenvalue weighted by Gasteiger charge is -2.24. The van der Waals surface area contributed by atoms with Crippen LogP contribution in [0.4, 0.5) is 0 Å². The highest BCUT2D eigenvalue weighted by Crippen LogP contribution is 2.24. The summed E-state index contributed by atoms with van der Waals surface area (Å²) in [5.41, 5.74) is 2.43. The van der Waals surface area contributed by atoms with Crippen LogP contribution in [0.2, 0.25) is 0 Å². The van der Waals surface area contributed by atoms with Gasteiger partial charge in [0, 0.05) is 39.3 Å². The Morgan fingerprint density at radius 2 is 1.52 bits per heavy atom. The summed E-state index contributed by atoms with van der Waals surface area (Å²) in [5.74, 6) is 0.255. The molecule has 0 bridgehead atoms. The molecule has 152 valence electrons. The van der Waals surface area contributed by atoms with Crippen molar-refractivity contribution in [3.63, 3.8) is 0 Å². The summed E-state index contributed by atoms with van der Waals surface area (Å²) in [6.45, 7) is 5.74. The summed E-state index contributed by atoms with van der Waals surface area (Å²) >= 11 is 0. The number of carbonyl (C=O) groups excluding carboxylic acids is 2. The van der Waals surface area contributed by atoms with Crippen molar-refractivity contribution in [2.75, 3.05) is 39.8 Å². The van der Waals surface area contributed by atoms with Crippen molar-refractivity contribution >= 4 is 11.8 Å². The Bertz CT molecular complexity index is 832. The van der Waals surface area contributed by atoms with Crippen molar-refractivity contribution < 1.29 is 9.59 Å². The van der Waals surface area contributed by atoms with E-state index in [0.29, 0.717) is 23.6 Å². The minimum Gasteiger partial charge on any atom is -0.305 e. The summed E-state index contributed by atoms with van der Waals surface area (Å²) in [7, 11) is 2.18. The van der Waals surface area contributed by atoms with E-state index in [4.69, 9.17) is 0 Å².